The summed E-state index contributed by atoms with van der Waals surface area (Å²) in [6, 6.07) is 59.0. The highest BCUT2D eigenvalue weighted by Crippen LogP contribution is 2.49. The summed E-state index contributed by atoms with van der Waals surface area (Å²) in [7, 11) is 0. The van der Waals surface area contributed by atoms with Gasteiger partial charge in [-0.25, -0.2) is 9.97 Å². The molecule has 0 aliphatic rings. The first-order chi connectivity index (χ1) is 26.3. The molecular weight excluding hydrogens is 647 g/mol. The number of aromatic nitrogens is 4. The van der Waals surface area contributed by atoms with Crippen LogP contribution in [0.3, 0.4) is 0 Å². The normalized spacial score (nSPS) is 12.5. The Kier molecular flexibility index (Phi) is 5.06. The summed E-state index contributed by atoms with van der Waals surface area (Å²) in [4.78, 5) is 13.7. The Morgan fingerprint density at radius 1 is 0.377 bits per heavy atom. The summed E-state index contributed by atoms with van der Waals surface area (Å²) in [6.45, 7) is 0. The van der Waals surface area contributed by atoms with Gasteiger partial charge in [0.15, 0.2) is 11.3 Å². The molecule has 0 radical (unpaired) electrons. The first-order valence-corrected chi connectivity index (χ1v) is 18.1. The van der Waals surface area contributed by atoms with E-state index in [2.05, 4.69) is 177 Å². The molecule has 244 valence electrons. The van der Waals surface area contributed by atoms with Crippen LogP contribution in [0.15, 0.2) is 164 Å². The Balaban J connectivity index is 1.24. The second kappa shape index (κ2) is 9.75. The molecule has 0 saturated carbocycles. The molecule has 0 N–H and O–H groups in total. The molecule has 0 aliphatic heterocycles. The smallest absolute Gasteiger partial charge is 0.165 e. The third-order valence-electron chi connectivity index (χ3n) is 11.5. The Labute approximate surface area is 301 Å². The molecule has 5 heteroatoms. The maximum atomic E-state index is 5.66. The predicted molar refractivity (Wildman–Crippen MR) is 221 cm³/mol. The monoisotopic (exact) mass is 673 g/mol. The Morgan fingerprint density at radius 2 is 0.925 bits per heavy atom. The van der Waals surface area contributed by atoms with Gasteiger partial charge in [-0.1, -0.05) is 127 Å². The highest BCUT2D eigenvalue weighted by atomic mass is 15.2. The van der Waals surface area contributed by atoms with Crippen LogP contribution in [0.4, 0.5) is 17.1 Å². The van der Waals surface area contributed by atoms with Gasteiger partial charge in [-0.05, 0) is 52.6 Å². The fourth-order valence-electron chi connectivity index (χ4n) is 9.39. The maximum Gasteiger partial charge on any atom is 0.165 e. The van der Waals surface area contributed by atoms with Gasteiger partial charge < -0.3 is 4.90 Å². The minimum atomic E-state index is 0.875. The zero-order chi connectivity index (χ0) is 34.4. The van der Waals surface area contributed by atoms with Crippen LogP contribution in [0.2, 0.25) is 0 Å². The number of anilines is 3. The Bertz CT molecular complexity index is 3580. The number of hydrogen-bond donors (Lipinski definition) is 0. The number of rotatable bonds is 3. The average molecular weight is 674 g/mol. The average Bonchev–Trinajstić information content (AvgIpc) is 3.94. The number of para-hydroxylation sites is 4. The molecular formula is C48H27N5. The molecule has 0 unspecified atom stereocenters. The molecule has 5 heterocycles. The molecule has 0 saturated heterocycles. The highest BCUT2D eigenvalue weighted by molar-refractivity contribution is 6.30. The van der Waals surface area contributed by atoms with Crippen LogP contribution in [-0.2, 0) is 0 Å². The van der Waals surface area contributed by atoms with Gasteiger partial charge in [-0.15, -0.1) is 0 Å². The predicted octanol–water partition coefficient (Wildman–Crippen LogP) is 12.6. The molecule has 53 heavy (non-hydrogen) atoms. The van der Waals surface area contributed by atoms with Crippen LogP contribution in [0, 0.1) is 0 Å². The molecule has 13 aromatic rings. The summed E-state index contributed by atoms with van der Waals surface area (Å²) in [5, 5.41) is 12.0. The summed E-state index contributed by atoms with van der Waals surface area (Å²) in [5.41, 5.74) is 11.5. The van der Waals surface area contributed by atoms with E-state index in [1.165, 1.54) is 48.6 Å². The van der Waals surface area contributed by atoms with Gasteiger partial charge in [-0.3, -0.25) is 8.80 Å². The number of hydrogen-bond acceptors (Lipinski definition) is 3. The molecule has 0 bridgehead atoms. The van der Waals surface area contributed by atoms with Gasteiger partial charge in [-0.2, -0.15) is 0 Å². The van der Waals surface area contributed by atoms with E-state index in [1.54, 1.807) is 0 Å². The van der Waals surface area contributed by atoms with Crippen LogP contribution in [0.1, 0.15) is 0 Å². The molecule has 0 aliphatic carbocycles. The van der Waals surface area contributed by atoms with E-state index in [0.29, 0.717) is 0 Å². The zero-order valence-corrected chi connectivity index (χ0v) is 28.3. The van der Waals surface area contributed by atoms with E-state index in [0.717, 1.165) is 66.7 Å². The van der Waals surface area contributed by atoms with Gasteiger partial charge in [0.1, 0.15) is 11.0 Å². The third-order valence-corrected chi connectivity index (χ3v) is 11.5. The SMILES string of the molecule is c1ccc(N(c2ccccc2)c2c3ccccc3cc3c4cccc5c6nc7c(nc6n(c23)c45)c2cccc3c4c5ccccc5ccc4n7c23)cc1. The van der Waals surface area contributed by atoms with Gasteiger partial charge in [0.25, 0.3) is 0 Å². The fraction of sp³-hybridized carbons (Fsp3) is 0. The molecule has 5 nitrogen and oxygen atoms in total. The number of nitrogens with zero attached hydrogens (tertiary/aromatic N) is 5. The first-order valence-electron chi connectivity index (χ1n) is 18.1. The zero-order valence-electron chi connectivity index (χ0n) is 28.3. The van der Waals surface area contributed by atoms with Crippen molar-refractivity contribution in [2.45, 2.75) is 0 Å². The molecule has 0 atom stereocenters. The largest absolute Gasteiger partial charge is 0.308 e. The Hall–Kier alpha value is -7.24. The van der Waals surface area contributed by atoms with Crippen molar-refractivity contribution in [3.8, 4) is 0 Å². The van der Waals surface area contributed by atoms with Crippen molar-refractivity contribution in [2.24, 2.45) is 0 Å². The van der Waals surface area contributed by atoms with E-state index in [1.807, 2.05) is 0 Å². The van der Waals surface area contributed by atoms with Crippen LogP contribution in [0.5, 0.6) is 0 Å². The van der Waals surface area contributed by atoms with E-state index >= 15 is 0 Å². The lowest BCUT2D eigenvalue weighted by Gasteiger charge is -2.28. The topological polar surface area (TPSA) is 37.8 Å². The summed E-state index contributed by atoms with van der Waals surface area (Å²) >= 11 is 0. The standard InChI is InChI=1S/C48H27N5/c1-3-15-30(16-4-1)51(31-17-5-2-6-18-31)45-33-20-10-8-14-29(33)27-38-34-21-11-23-36-42-48(53(43(34)36)46(38)45)50-41-37-24-12-22-35-40-32-19-9-7-13-28(32)25-26-39(40)52(44(35)37)47(41)49-42/h1-27H. The van der Waals surface area contributed by atoms with Gasteiger partial charge in [0.2, 0.25) is 0 Å². The molecule has 13 rings (SSSR count). The van der Waals surface area contributed by atoms with E-state index in [-0.39, 0.29) is 0 Å². The van der Waals surface area contributed by atoms with Crippen LogP contribution in [-0.4, -0.2) is 18.8 Å². The summed E-state index contributed by atoms with van der Waals surface area (Å²) in [6.07, 6.45) is 0. The van der Waals surface area contributed by atoms with E-state index < -0.39 is 0 Å². The van der Waals surface area contributed by atoms with Crippen molar-refractivity contribution in [1.29, 1.82) is 0 Å². The van der Waals surface area contributed by atoms with Gasteiger partial charge >= 0.3 is 0 Å². The lowest BCUT2D eigenvalue weighted by molar-refractivity contribution is 1.24. The van der Waals surface area contributed by atoms with Gasteiger partial charge in [0.05, 0.1) is 27.8 Å². The lowest BCUT2D eigenvalue weighted by atomic mass is 10.0. The number of benzene rings is 8. The Morgan fingerprint density at radius 3 is 1.64 bits per heavy atom. The van der Waals surface area contributed by atoms with Gasteiger partial charge in [0, 0.05) is 49.1 Å². The summed E-state index contributed by atoms with van der Waals surface area (Å²) in [5.74, 6) is 0. The second-order valence-corrected chi connectivity index (χ2v) is 14.2. The minimum Gasteiger partial charge on any atom is -0.308 e. The van der Waals surface area contributed by atoms with Crippen molar-refractivity contribution >= 4 is 115 Å². The van der Waals surface area contributed by atoms with Crippen molar-refractivity contribution in [2.75, 3.05) is 4.90 Å². The van der Waals surface area contributed by atoms with Crippen molar-refractivity contribution in [1.82, 2.24) is 18.8 Å². The quantitative estimate of drug-likeness (QED) is 0.187. The highest BCUT2D eigenvalue weighted by Gasteiger charge is 2.28. The molecule has 8 aromatic carbocycles. The fourth-order valence-corrected chi connectivity index (χ4v) is 9.39. The number of fused-ring (bicyclic) bond motifs is 15. The van der Waals surface area contributed by atoms with Crippen LogP contribution >= 0.6 is 0 Å². The first kappa shape index (κ1) is 27.5. The minimum absolute atomic E-state index is 0.875. The molecule has 0 fully saturated rings. The molecule has 0 spiro atoms. The third kappa shape index (κ3) is 3.37. The maximum absolute atomic E-state index is 5.66. The van der Waals surface area contributed by atoms with E-state index in [4.69, 9.17) is 9.97 Å². The van der Waals surface area contributed by atoms with Crippen molar-refractivity contribution in [3.63, 3.8) is 0 Å². The van der Waals surface area contributed by atoms with Crippen LogP contribution < -0.4 is 4.90 Å². The molecule has 5 aromatic heterocycles. The molecule has 0 amide bonds. The van der Waals surface area contributed by atoms with Crippen LogP contribution in [0.25, 0.3) is 98.3 Å². The van der Waals surface area contributed by atoms with E-state index in [9.17, 15) is 0 Å². The van der Waals surface area contributed by atoms with Crippen molar-refractivity contribution in [3.05, 3.63) is 164 Å². The summed E-state index contributed by atoms with van der Waals surface area (Å²) < 4.78 is 4.76. The van der Waals surface area contributed by atoms with Crippen molar-refractivity contribution < 1.29 is 0 Å². The second-order valence-electron chi connectivity index (χ2n) is 14.2. The lowest BCUT2D eigenvalue weighted by Crippen LogP contribution is -2.11.